The van der Waals surface area contributed by atoms with Gasteiger partial charge in [0.2, 0.25) is 5.91 Å². The molecule has 0 saturated carbocycles. The topological polar surface area (TPSA) is 94.2 Å². The smallest absolute Gasteiger partial charge is 0.292 e. The number of morpholine rings is 1. The molecule has 3 rings (SSSR count). The van der Waals surface area contributed by atoms with Crippen LogP contribution in [0.5, 0.6) is 0 Å². The van der Waals surface area contributed by atoms with E-state index in [1.807, 2.05) is 0 Å². The van der Waals surface area contributed by atoms with Gasteiger partial charge in [0.1, 0.15) is 13.1 Å². The number of non-ortho nitro benzene ring substituents is 1. The molecule has 2 aliphatic heterocycles. The molecule has 0 aromatic heterocycles. The van der Waals surface area contributed by atoms with E-state index in [4.69, 9.17) is 4.74 Å². The zero-order valence-corrected chi connectivity index (χ0v) is 11.9. The van der Waals surface area contributed by atoms with E-state index in [0.29, 0.717) is 32.0 Å². The summed E-state index contributed by atoms with van der Waals surface area (Å²) in [5.74, 6) is -0.501. The van der Waals surface area contributed by atoms with Crippen LogP contribution in [0.4, 0.5) is 11.4 Å². The van der Waals surface area contributed by atoms with Crippen LogP contribution >= 0.6 is 0 Å². The fourth-order valence-electron chi connectivity index (χ4n) is 2.93. The summed E-state index contributed by atoms with van der Waals surface area (Å²) in [6.07, 6.45) is 0.172. The number of imide groups is 1. The van der Waals surface area contributed by atoms with Gasteiger partial charge in [-0.15, -0.1) is 0 Å². The van der Waals surface area contributed by atoms with Gasteiger partial charge >= 0.3 is 0 Å². The molecule has 1 aromatic rings. The van der Waals surface area contributed by atoms with E-state index >= 15 is 0 Å². The molecule has 2 amide bonds. The Labute approximate surface area is 126 Å². The SMILES string of the molecule is O=C1C[C@@H]([NH+]2CCOCC2)C(=O)N1c1ccc([N+](=O)[O-])cc1. The lowest BCUT2D eigenvalue weighted by atomic mass is 10.2. The third-order valence-corrected chi connectivity index (χ3v) is 4.09. The van der Waals surface area contributed by atoms with Gasteiger partial charge in [0.05, 0.1) is 30.2 Å². The largest absolute Gasteiger partial charge is 0.370 e. The molecule has 0 unspecified atom stereocenters. The number of anilines is 1. The number of benzene rings is 1. The van der Waals surface area contributed by atoms with Crippen LogP contribution in [0, 0.1) is 10.1 Å². The van der Waals surface area contributed by atoms with Crippen LogP contribution in [0.25, 0.3) is 0 Å². The second kappa shape index (κ2) is 5.82. The van der Waals surface area contributed by atoms with Crippen molar-refractivity contribution in [3.05, 3.63) is 34.4 Å². The van der Waals surface area contributed by atoms with Crippen molar-refractivity contribution >= 4 is 23.2 Å². The van der Waals surface area contributed by atoms with E-state index in [9.17, 15) is 19.7 Å². The minimum Gasteiger partial charge on any atom is -0.370 e. The third-order valence-electron chi connectivity index (χ3n) is 4.09. The normalized spacial score (nSPS) is 23.1. The molecule has 2 fully saturated rings. The lowest BCUT2D eigenvalue weighted by Crippen LogP contribution is -3.18. The summed E-state index contributed by atoms with van der Waals surface area (Å²) in [5.41, 5.74) is 0.314. The number of nitrogens with zero attached hydrogens (tertiary/aromatic N) is 2. The van der Waals surface area contributed by atoms with Gasteiger partial charge in [0, 0.05) is 12.1 Å². The molecule has 0 bridgehead atoms. The number of ether oxygens (including phenoxy) is 1. The fraction of sp³-hybridized carbons (Fsp3) is 0.429. The third kappa shape index (κ3) is 2.58. The lowest BCUT2D eigenvalue weighted by Gasteiger charge is -2.27. The van der Waals surface area contributed by atoms with E-state index < -0.39 is 4.92 Å². The first-order valence-electron chi connectivity index (χ1n) is 7.11. The summed E-state index contributed by atoms with van der Waals surface area (Å²) in [6, 6.07) is 5.08. The number of nitrogens with one attached hydrogen (secondary N) is 1. The van der Waals surface area contributed by atoms with Crippen molar-refractivity contribution in [1.82, 2.24) is 0 Å². The van der Waals surface area contributed by atoms with Crippen molar-refractivity contribution in [2.45, 2.75) is 12.5 Å². The van der Waals surface area contributed by atoms with Crippen molar-refractivity contribution in [3.63, 3.8) is 0 Å². The van der Waals surface area contributed by atoms with E-state index in [0.717, 1.165) is 9.80 Å². The molecule has 8 nitrogen and oxygen atoms in total. The zero-order valence-electron chi connectivity index (χ0n) is 11.9. The Kier molecular flexibility index (Phi) is 3.86. The number of hydrogen-bond acceptors (Lipinski definition) is 5. The van der Waals surface area contributed by atoms with Gasteiger partial charge in [-0.3, -0.25) is 19.7 Å². The number of amides is 2. The van der Waals surface area contributed by atoms with Crippen molar-refractivity contribution in [2.24, 2.45) is 0 Å². The molecule has 1 N–H and O–H groups in total. The van der Waals surface area contributed by atoms with Gasteiger partial charge in [-0.25, -0.2) is 4.90 Å². The second-order valence-electron chi connectivity index (χ2n) is 5.37. The maximum Gasteiger partial charge on any atom is 0.292 e. The number of carbonyl (C=O) groups excluding carboxylic acids is 2. The summed E-state index contributed by atoms with van der Waals surface area (Å²) in [5, 5.41) is 10.7. The molecule has 1 atom stereocenters. The average Bonchev–Trinajstić information content (AvgIpc) is 2.83. The van der Waals surface area contributed by atoms with Crippen LogP contribution in [0.3, 0.4) is 0 Å². The van der Waals surface area contributed by atoms with Crippen molar-refractivity contribution < 1.29 is 24.1 Å². The van der Waals surface area contributed by atoms with Gasteiger partial charge in [0.15, 0.2) is 6.04 Å². The summed E-state index contributed by atoms with van der Waals surface area (Å²) in [7, 11) is 0. The Hall–Kier alpha value is -2.32. The van der Waals surface area contributed by atoms with Crippen LogP contribution in [-0.2, 0) is 14.3 Å². The van der Waals surface area contributed by atoms with E-state index in [-0.39, 0.29) is 30.0 Å². The van der Waals surface area contributed by atoms with E-state index in [1.165, 1.54) is 24.3 Å². The number of nitro benzene ring substituents is 1. The number of quaternary nitrogens is 1. The maximum absolute atomic E-state index is 12.5. The minimum atomic E-state index is -0.516. The standard InChI is InChI=1S/C14H15N3O5/c18-13-9-12(15-5-7-22-8-6-15)14(19)16(13)10-1-3-11(4-2-10)17(20)21/h1-4,12H,5-9H2/p+1/t12-/m1/s1. The van der Waals surface area contributed by atoms with Crippen molar-refractivity contribution in [2.75, 3.05) is 31.2 Å². The highest BCUT2D eigenvalue weighted by molar-refractivity contribution is 6.21. The second-order valence-corrected chi connectivity index (χ2v) is 5.37. The van der Waals surface area contributed by atoms with Gasteiger partial charge in [-0.1, -0.05) is 0 Å². The number of hydrogen-bond donors (Lipinski definition) is 1. The summed E-state index contributed by atoms with van der Waals surface area (Å²) in [4.78, 5) is 37.1. The Morgan fingerprint density at radius 1 is 1.18 bits per heavy atom. The Morgan fingerprint density at radius 2 is 1.82 bits per heavy atom. The van der Waals surface area contributed by atoms with Crippen LogP contribution in [0.1, 0.15) is 6.42 Å². The van der Waals surface area contributed by atoms with Crippen molar-refractivity contribution in [1.29, 1.82) is 0 Å². The predicted octanol–water partition coefficient (Wildman–Crippen LogP) is -0.858. The van der Waals surface area contributed by atoms with E-state index in [1.54, 1.807) is 0 Å². The fourth-order valence-corrected chi connectivity index (χ4v) is 2.93. The molecule has 0 spiro atoms. The highest BCUT2D eigenvalue weighted by atomic mass is 16.6. The molecule has 2 saturated heterocycles. The van der Waals surface area contributed by atoms with Gasteiger partial charge in [0.25, 0.3) is 11.6 Å². The first-order valence-corrected chi connectivity index (χ1v) is 7.11. The molecule has 116 valence electrons. The molecule has 2 aliphatic rings. The monoisotopic (exact) mass is 306 g/mol. The highest BCUT2D eigenvalue weighted by Gasteiger charge is 2.46. The molecule has 2 heterocycles. The number of rotatable bonds is 3. The molecule has 1 aromatic carbocycles. The van der Waals surface area contributed by atoms with Crippen LogP contribution in [0.15, 0.2) is 24.3 Å². The Bertz CT molecular complexity index is 609. The van der Waals surface area contributed by atoms with Gasteiger partial charge < -0.3 is 9.64 Å². The maximum atomic E-state index is 12.5. The average molecular weight is 306 g/mol. The number of carbonyl (C=O) groups is 2. The summed E-state index contributed by atoms with van der Waals surface area (Å²) < 4.78 is 5.27. The summed E-state index contributed by atoms with van der Waals surface area (Å²) in [6.45, 7) is 2.59. The quantitative estimate of drug-likeness (QED) is 0.445. The predicted molar refractivity (Wildman–Crippen MR) is 75.5 cm³/mol. The van der Waals surface area contributed by atoms with Crippen molar-refractivity contribution in [3.8, 4) is 0 Å². The van der Waals surface area contributed by atoms with Crippen LogP contribution in [0.2, 0.25) is 0 Å². The molecule has 22 heavy (non-hydrogen) atoms. The van der Waals surface area contributed by atoms with Gasteiger partial charge in [-0.2, -0.15) is 0 Å². The van der Waals surface area contributed by atoms with Crippen LogP contribution in [-0.4, -0.2) is 49.1 Å². The molecular formula is C14H16N3O5+. The van der Waals surface area contributed by atoms with Gasteiger partial charge in [-0.05, 0) is 12.1 Å². The highest BCUT2D eigenvalue weighted by Crippen LogP contribution is 2.24. The molecular weight excluding hydrogens is 290 g/mol. The van der Waals surface area contributed by atoms with E-state index in [2.05, 4.69) is 0 Å². The summed E-state index contributed by atoms with van der Waals surface area (Å²) >= 11 is 0. The Morgan fingerprint density at radius 3 is 2.41 bits per heavy atom. The molecule has 8 heteroatoms. The Balaban J connectivity index is 1.80. The minimum absolute atomic E-state index is 0.0711. The zero-order chi connectivity index (χ0) is 15.7. The first kappa shape index (κ1) is 14.6. The molecule has 0 radical (unpaired) electrons. The molecule has 0 aliphatic carbocycles. The lowest BCUT2D eigenvalue weighted by molar-refractivity contribution is -0.922. The van der Waals surface area contributed by atoms with Crippen LogP contribution < -0.4 is 9.80 Å². The first-order chi connectivity index (χ1) is 10.6. The number of nitro groups is 1.